The number of fused-ring (bicyclic) bond motifs is 1. The average molecular weight is 396 g/mol. The first-order valence-corrected chi connectivity index (χ1v) is 9.07. The van der Waals surface area contributed by atoms with Crippen molar-refractivity contribution in [2.75, 3.05) is 5.32 Å². The highest BCUT2D eigenvalue weighted by Gasteiger charge is 2.16. The van der Waals surface area contributed by atoms with Crippen LogP contribution in [0.4, 0.5) is 5.69 Å². The van der Waals surface area contributed by atoms with Gasteiger partial charge in [-0.15, -0.1) is 11.3 Å². The van der Waals surface area contributed by atoms with Crippen molar-refractivity contribution in [1.82, 2.24) is 9.55 Å². The molecule has 130 valence electrons. The molecule has 25 heavy (non-hydrogen) atoms. The van der Waals surface area contributed by atoms with E-state index in [0.717, 1.165) is 10.4 Å². The maximum absolute atomic E-state index is 12.8. The van der Waals surface area contributed by atoms with Crippen molar-refractivity contribution in [2.24, 2.45) is 0 Å². The first-order chi connectivity index (χ1) is 11.8. The highest BCUT2D eigenvalue weighted by Crippen LogP contribution is 2.26. The first-order valence-electron chi connectivity index (χ1n) is 7.50. The van der Waals surface area contributed by atoms with Gasteiger partial charge in [0.05, 0.1) is 15.4 Å². The Hall–Kier alpha value is -1.89. The number of aromatic nitrogens is 2. The minimum absolute atomic E-state index is 0.123. The quantitative estimate of drug-likeness (QED) is 0.717. The standard InChI is InChI=1S/C17H15Cl2N3O2S/c1-8-9(2)25-16-15(8)17(24)22(10(3)20-16)7-14(23)21-11-4-5-12(18)13(19)6-11/h4-6H,7H2,1-3H3,(H,21,23). The Morgan fingerprint density at radius 2 is 1.96 bits per heavy atom. The fourth-order valence-electron chi connectivity index (χ4n) is 2.53. The van der Waals surface area contributed by atoms with Gasteiger partial charge < -0.3 is 5.32 Å². The topological polar surface area (TPSA) is 64.0 Å². The smallest absolute Gasteiger partial charge is 0.263 e. The Morgan fingerprint density at radius 3 is 2.64 bits per heavy atom. The normalized spacial score (nSPS) is 11.1. The summed E-state index contributed by atoms with van der Waals surface area (Å²) in [6.07, 6.45) is 0. The van der Waals surface area contributed by atoms with Crippen LogP contribution in [0, 0.1) is 20.8 Å². The van der Waals surface area contributed by atoms with Gasteiger partial charge in [-0.3, -0.25) is 14.2 Å². The number of rotatable bonds is 3. The molecule has 0 atom stereocenters. The molecule has 0 fully saturated rings. The minimum atomic E-state index is -0.339. The lowest BCUT2D eigenvalue weighted by molar-refractivity contribution is -0.116. The molecule has 3 rings (SSSR count). The van der Waals surface area contributed by atoms with Crippen LogP contribution in [0.25, 0.3) is 10.2 Å². The van der Waals surface area contributed by atoms with Crippen LogP contribution in [-0.4, -0.2) is 15.5 Å². The maximum Gasteiger partial charge on any atom is 0.263 e. The van der Waals surface area contributed by atoms with Crippen LogP contribution in [0.5, 0.6) is 0 Å². The second-order valence-electron chi connectivity index (χ2n) is 5.69. The second kappa shape index (κ2) is 6.78. The van der Waals surface area contributed by atoms with Crippen molar-refractivity contribution in [3.05, 3.63) is 54.9 Å². The fourth-order valence-corrected chi connectivity index (χ4v) is 3.90. The molecule has 0 saturated heterocycles. The van der Waals surface area contributed by atoms with E-state index in [1.165, 1.54) is 15.9 Å². The Bertz CT molecular complexity index is 1060. The van der Waals surface area contributed by atoms with Gasteiger partial charge in [0.1, 0.15) is 17.2 Å². The van der Waals surface area contributed by atoms with Crippen molar-refractivity contribution in [2.45, 2.75) is 27.3 Å². The van der Waals surface area contributed by atoms with E-state index in [9.17, 15) is 9.59 Å². The third-order valence-electron chi connectivity index (χ3n) is 3.98. The van der Waals surface area contributed by atoms with Crippen LogP contribution in [0.15, 0.2) is 23.0 Å². The van der Waals surface area contributed by atoms with Gasteiger partial charge in [0.2, 0.25) is 5.91 Å². The van der Waals surface area contributed by atoms with Crippen molar-refractivity contribution in [3.8, 4) is 0 Å². The molecule has 8 heteroatoms. The van der Waals surface area contributed by atoms with E-state index in [4.69, 9.17) is 23.2 Å². The van der Waals surface area contributed by atoms with Crippen molar-refractivity contribution < 1.29 is 4.79 Å². The largest absolute Gasteiger partial charge is 0.324 e. The molecule has 0 spiro atoms. The molecule has 1 N–H and O–H groups in total. The first kappa shape index (κ1) is 17.9. The number of amides is 1. The zero-order valence-corrected chi connectivity index (χ0v) is 16.1. The van der Waals surface area contributed by atoms with Gasteiger partial charge in [0, 0.05) is 10.6 Å². The zero-order valence-electron chi connectivity index (χ0n) is 13.8. The van der Waals surface area contributed by atoms with E-state index in [1.807, 2.05) is 13.8 Å². The van der Waals surface area contributed by atoms with E-state index < -0.39 is 0 Å². The molecule has 1 aromatic carbocycles. The molecule has 1 amide bonds. The summed E-state index contributed by atoms with van der Waals surface area (Å²) in [6, 6.07) is 4.81. The fraction of sp³-hybridized carbons (Fsp3) is 0.235. The molecule has 0 unspecified atom stereocenters. The number of carbonyl (C=O) groups excluding carboxylic acids is 1. The lowest BCUT2D eigenvalue weighted by Gasteiger charge is -2.11. The lowest BCUT2D eigenvalue weighted by atomic mass is 10.2. The molecule has 0 aliphatic rings. The summed E-state index contributed by atoms with van der Waals surface area (Å²) in [4.78, 5) is 31.3. The van der Waals surface area contributed by atoms with Crippen molar-refractivity contribution >= 4 is 56.3 Å². The second-order valence-corrected chi connectivity index (χ2v) is 7.71. The predicted octanol–water partition coefficient (Wildman–Crippen LogP) is 4.33. The molecule has 3 aromatic rings. The number of thiophene rings is 1. The SMILES string of the molecule is Cc1sc2nc(C)n(CC(=O)Nc3ccc(Cl)c(Cl)c3)c(=O)c2c1C. The predicted molar refractivity (Wildman–Crippen MR) is 103 cm³/mol. The number of benzene rings is 1. The minimum Gasteiger partial charge on any atom is -0.324 e. The van der Waals surface area contributed by atoms with E-state index in [1.54, 1.807) is 25.1 Å². The van der Waals surface area contributed by atoms with Crippen LogP contribution in [0.3, 0.4) is 0 Å². The number of carbonyl (C=O) groups is 1. The molecule has 0 radical (unpaired) electrons. The van der Waals surface area contributed by atoms with Gasteiger partial charge in [-0.05, 0) is 44.5 Å². The van der Waals surface area contributed by atoms with Crippen LogP contribution < -0.4 is 10.9 Å². The number of hydrogen-bond donors (Lipinski definition) is 1. The molecule has 0 aliphatic heterocycles. The van der Waals surface area contributed by atoms with Crippen LogP contribution >= 0.6 is 34.5 Å². The number of nitrogens with zero attached hydrogens (tertiary/aromatic N) is 2. The molecule has 5 nitrogen and oxygen atoms in total. The Kier molecular flexibility index (Phi) is 4.86. The number of halogens is 2. The van der Waals surface area contributed by atoms with Gasteiger partial charge in [0.25, 0.3) is 5.56 Å². The van der Waals surface area contributed by atoms with Gasteiger partial charge >= 0.3 is 0 Å². The monoisotopic (exact) mass is 395 g/mol. The van der Waals surface area contributed by atoms with Crippen molar-refractivity contribution in [3.63, 3.8) is 0 Å². The molecule has 0 saturated carbocycles. The van der Waals surface area contributed by atoms with Crippen LogP contribution in [0.1, 0.15) is 16.3 Å². The summed E-state index contributed by atoms with van der Waals surface area (Å²) < 4.78 is 1.38. The third kappa shape index (κ3) is 3.42. The van der Waals surface area contributed by atoms with Gasteiger partial charge in [0.15, 0.2) is 0 Å². The zero-order chi connectivity index (χ0) is 18.3. The average Bonchev–Trinajstić information content (AvgIpc) is 2.82. The lowest BCUT2D eigenvalue weighted by Crippen LogP contribution is -2.30. The summed E-state index contributed by atoms with van der Waals surface area (Å²) in [5, 5.41) is 4.05. The molecule has 0 bridgehead atoms. The summed E-state index contributed by atoms with van der Waals surface area (Å²) in [5.74, 6) is 0.164. The summed E-state index contributed by atoms with van der Waals surface area (Å²) in [5.41, 5.74) is 1.23. The van der Waals surface area contributed by atoms with E-state index in [0.29, 0.717) is 31.8 Å². The van der Waals surface area contributed by atoms with E-state index >= 15 is 0 Å². The highest BCUT2D eigenvalue weighted by molar-refractivity contribution is 7.18. The molecular weight excluding hydrogens is 381 g/mol. The highest BCUT2D eigenvalue weighted by atomic mass is 35.5. The molecule has 2 heterocycles. The number of nitrogens with one attached hydrogen (secondary N) is 1. The van der Waals surface area contributed by atoms with Gasteiger partial charge in [-0.25, -0.2) is 4.98 Å². The van der Waals surface area contributed by atoms with E-state index in [2.05, 4.69) is 10.3 Å². The molecule has 2 aromatic heterocycles. The van der Waals surface area contributed by atoms with Crippen molar-refractivity contribution in [1.29, 1.82) is 0 Å². The van der Waals surface area contributed by atoms with E-state index in [-0.39, 0.29) is 18.0 Å². The molecular formula is C17H15Cl2N3O2S. The number of aryl methyl sites for hydroxylation is 3. The number of hydrogen-bond acceptors (Lipinski definition) is 4. The summed E-state index contributed by atoms with van der Waals surface area (Å²) in [7, 11) is 0. The Labute approximate surface area is 158 Å². The van der Waals surface area contributed by atoms with Crippen LogP contribution in [0.2, 0.25) is 10.0 Å². The van der Waals surface area contributed by atoms with Gasteiger partial charge in [-0.1, -0.05) is 23.2 Å². The van der Waals surface area contributed by atoms with Crippen LogP contribution in [-0.2, 0) is 11.3 Å². The summed E-state index contributed by atoms with van der Waals surface area (Å²) >= 11 is 13.3. The number of anilines is 1. The third-order valence-corrected chi connectivity index (χ3v) is 5.82. The Balaban J connectivity index is 1.92. The molecule has 0 aliphatic carbocycles. The maximum atomic E-state index is 12.8. The summed E-state index contributed by atoms with van der Waals surface area (Å²) in [6.45, 7) is 5.45. The Morgan fingerprint density at radius 1 is 1.24 bits per heavy atom. The van der Waals surface area contributed by atoms with Gasteiger partial charge in [-0.2, -0.15) is 0 Å².